The normalized spacial score (nSPS) is 25.7. The minimum atomic E-state index is -0.464. The third-order valence-electron chi connectivity index (χ3n) is 3.06. The number of benzene rings is 1. The van der Waals surface area contributed by atoms with E-state index < -0.39 is 4.92 Å². The Labute approximate surface area is 119 Å². The molecule has 3 unspecified atom stereocenters. The fourth-order valence-electron chi connectivity index (χ4n) is 2.06. The van der Waals surface area contributed by atoms with Crippen LogP contribution < -0.4 is 10.5 Å². The maximum Gasteiger partial charge on any atom is 0.312 e. The number of nitro groups is 1. The fraction of sp³-hybridized carbons (Fsp3) is 0.500. The van der Waals surface area contributed by atoms with Gasteiger partial charge in [0, 0.05) is 25.1 Å². The van der Waals surface area contributed by atoms with Crippen LogP contribution >= 0.6 is 15.9 Å². The smallest absolute Gasteiger partial charge is 0.312 e. The second kappa shape index (κ2) is 5.85. The van der Waals surface area contributed by atoms with Crippen molar-refractivity contribution in [1.29, 1.82) is 0 Å². The van der Waals surface area contributed by atoms with Crippen molar-refractivity contribution in [3.8, 4) is 5.75 Å². The largest absolute Gasteiger partial charge is 0.480 e. The molecule has 1 aromatic carbocycles. The summed E-state index contributed by atoms with van der Waals surface area (Å²) in [7, 11) is 0. The Hall–Kier alpha value is -1.18. The summed E-state index contributed by atoms with van der Waals surface area (Å²) >= 11 is 3.27. The summed E-state index contributed by atoms with van der Waals surface area (Å²) in [4.78, 5) is 10.5. The molecule has 0 heterocycles. The van der Waals surface area contributed by atoms with E-state index in [2.05, 4.69) is 15.9 Å². The average Bonchev–Trinajstić information content (AvgIpc) is 2.37. The molecule has 19 heavy (non-hydrogen) atoms. The summed E-state index contributed by atoms with van der Waals surface area (Å²) in [5.74, 6) is 0.231. The Morgan fingerprint density at radius 2 is 2.32 bits per heavy atom. The zero-order valence-corrected chi connectivity index (χ0v) is 12.0. The van der Waals surface area contributed by atoms with Gasteiger partial charge >= 0.3 is 5.69 Å². The maximum atomic E-state index is 11.0. The lowest BCUT2D eigenvalue weighted by molar-refractivity contribution is -0.386. The van der Waals surface area contributed by atoms with Crippen LogP contribution in [-0.4, -0.2) is 29.8 Å². The lowest BCUT2D eigenvalue weighted by Gasteiger charge is -2.41. The van der Waals surface area contributed by atoms with Gasteiger partial charge < -0.3 is 15.2 Å². The first-order valence-corrected chi connectivity index (χ1v) is 6.80. The zero-order valence-electron chi connectivity index (χ0n) is 10.4. The summed E-state index contributed by atoms with van der Waals surface area (Å²) in [6.07, 6.45) is 0.174. The first-order chi connectivity index (χ1) is 9.04. The second-order valence-corrected chi connectivity index (χ2v) is 5.18. The van der Waals surface area contributed by atoms with Crippen molar-refractivity contribution in [2.24, 2.45) is 5.73 Å². The number of hydrogen-bond acceptors (Lipinski definition) is 5. The molecule has 1 aliphatic rings. The van der Waals surface area contributed by atoms with E-state index in [9.17, 15) is 10.1 Å². The van der Waals surface area contributed by atoms with Crippen LogP contribution in [0.5, 0.6) is 5.75 Å². The molecule has 104 valence electrons. The van der Waals surface area contributed by atoms with Crippen LogP contribution in [0.15, 0.2) is 22.7 Å². The highest BCUT2D eigenvalue weighted by Gasteiger charge is 2.42. The number of hydrogen-bond donors (Lipinski definition) is 1. The molecule has 1 aliphatic carbocycles. The van der Waals surface area contributed by atoms with Crippen LogP contribution in [0.1, 0.15) is 13.3 Å². The standard InChI is InChI=1S/C12H15BrN2O4/c1-2-18-12-8(14)6-10(12)19-11-7(13)4-3-5-9(11)15(16)17/h3-5,8,10,12H,2,6,14H2,1H3. The quantitative estimate of drug-likeness (QED) is 0.660. The van der Waals surface area contributed by atoms with Crippen LogP contribution in [0.3, 0.4) is 0 Å². The molecule has 2 N–H and O–H groups in total. The monoisotopic (exact) mass is 330 g/mol. The predicted molar refractivity (Wildman–Crippen MR) is 73.2 cm³/mol. The summed E-state index contributed by atoms with van der Waals surface area (Å²) in [6, 6.07) is 4.64. The van der Waals surface area contributed by atoms with E-state index in [-0.39, 0.29) is 29.7 Å². The Morgan fingerprint density at radius 1 is 1.58 bits per heavy atom. The van der Waals surface area contributed by atoms with E-state index >= 15 is 0 Å². The third-order valence-corrected chi connectivity index (χ3v) is 3.69. The number of para-hydroxylation sites is 1. The molecule has 1 fully saturated rings. The Balaban J connectivity index is 2.17. The van der Waals surface area contributed by atoms with E-state index in [1.54, 1.807) is 12.1 Å². The third kappa shape index (κ3) is 2.88. The minimum absolute atomic E-state index is 0.0647. The first kappa shape index (κ1) is 14.2. The molecular weight excluding hydrogens is 316 g/mol. The zero-order chi connectivity index (χ0) is 14.0. The molecule has 1 saturated carbocycles. The van der Waals surface area contributed by atoms with Crippen molar-refractivity contribution >= 4 is 21.6 Å². The van der Waals surface area contributed by atoms with Gasteiger partial charge in [0.1, 0.15) is 12.2 Å². The highest BCUT2D eigenvalue weighted by atomic mass is 79.9. The molecule has 0 amide bonds. The fourth-order valence-corrected chi connectivity index (χ4v) is 2.51. The van der Waals surface area contributed by atoms with Gasteiger partial charge in [0.2, 0.25) is 5.75 Å². The Kier molecular flexibility index (Phi) is 4.38. The topological polar surface area (TPSA) is 87.6 Å². The number of nitro benzene ring substituents is 1. The molecule has 0 aliphatic heterocycles. The molecule has 0 radical (unpaired) electrons. The van der Waals surface area contributed by atoms with Crippen LogP contribution in [0.4, 0.5) is 5.69 Å². The van der Waals surface area contributed by atoms with Crippen LogP contribution in [0, 0.1) is 10.1 Å². The highest BCUT2D eigenvalue weighted by Crippen LogP contribution is 2.38. The second-order valence-electron chi connectivity index (χ2n) is 4.32. The van der Waals surface area contributed by atoms with Gasteiger partial charge in [0.15, 0.2) is 0 Å². The van der Waals surface area contributed by atoms with Crippen molar-refractivity contribution in [3.63, 3.8) is 0 Å². The van der Waals surface area contributed by atoms with E-state index in [1.807, 2.05) is 6.92 Å². The molecule has 0 bridgehead atoms. The summed E-state index contributed by atoms with van der Waals surface area (Å²) in [5, 5.41) is 11.0. The molecular formula is C12H15BrN2O4. The van der Waals surface area contributed by atoms with Crippen LogP contribution in [0.25, 0.3) is 0 Å². The summed E-state index contributed by atoms with van der Waals surface area (Å²) in [5.41, 5.74) is 5.77. The SMILES string of the molecule is CCOC1C(N)CC1Oc1c(Br)cccc1[N+](=O)[O-]. The lowest BCUT2D eigenvalue weighted by Crippen LogP contribution is -2.59. The van der Waals surface area contributed by atoms with E-state index in [0.29, 0.717) is 17.5 Å². The molecule has 0 spiro atoms. The number of nitrogens with two attached hydrogens (primary N) is 1. The van der Waals surface area contributed by atoms with Crippen LogP contribution in [-0.2, 0) is 4.74 Å². The van der Waals surface area contributed by atoms with Crippen molar-refractivity contribution in [1.82, 2.24) is 0 Å². The molecule has 0 aromatic heterocycles. The molecule has 3 atom stereocenters. The van der Waals surface area contributed by atoms with Gasteiger partial charge in [-0.05, 0) is 28.9 Å². The van der Waals surface area contributed by atoms with E-state index in [4.69, 9.17) is 15.2 Å². The first-order valence-electron chi connectivity index (χ1n) is 6.01. The van der Waals surface area contributed by atoms with Gasteiger partial charge in [-0.25, -0.2) is 0 Å². The van der Waals surface area contributed by atoms with Gasteiger partial charge in [-0.15, -0.1) is 0 Å². The predicted octanol–water partition coefficient (Wildman–Crippen LogP) is 2.24. The summed E-state index contributed by atoms with van der Waals surface area (Å²) in [6.45, 7) is 2.42. The van der Waals surface area contributed by atoms with Crippen LogP contribution in [0.2, 0.25) is 0 Å². The molecule has 7 heteroatoms. The van der Waals surface area contributed by atoms with Crippen molar-refractivity contribution in [3.05, 3.63) is 32.8 Å². The van der Waals surface area contributed by atoms with E-state index in [0.717, 1.165) is 0 Å². The van der Waals surface area contributed by atoms with Gasteiger partial charge in [0.05, 0.1) is 9.40 Å². The molecule has 6 nitrogen and oxygen atoms in total. The highest BCUT2D eigenvalue weighted by molar-refractivity contribution is 9.10. The Morgan fingerprint density at radius 3 is 2.89 bits per heavy atom. The number of nitrogens with zero attached hydrogens (tertiary/aromatic N) is 1. The molecule has 1 aromatic rings. The Bertz CT molecular complexity index is 483. The summed E-state index contributed by atoms with van der Waals surface area (Å²) < 4.78 is 11.7. The minimum Gasteiger partial charge on any atom is -0.480 e. The van der Waals surface area contributed by atoms with Crippen molar-refractivity contribution in [2.45, 2.75) is 31.6 Å². The van der Waals surface area contributed by atoms with Crippen molar-refractivity contribution in [2.75, 3.05) is 6.61 Å². The van der Waals surface area contributed by atoms with Gasteiger partial charge in [-0.1, -0.05) is 6.07 Å². The maximum absolute atomic E-state index is 11.0. The molecule has 0 saturated heterocycles. The van der Waals surface area contributed by atoms with Gasteiger partial charge in [-0.3, -0.25) is 10.1 Å². The number of halogens is 1. The average molecular weight is 331 g/mol. The van der Waals surface area contributed by atoms with Gasteiger partial charge in [-0.2, -0.15) is 0 Å². The van der Waals surface area contributed by atoms with Crippen molar-refractivity contribution < 1.29 is 14.4 Å². The van der Waals surface area contributed by atoms with Gasteiger partial charge in [0.25, 0.3) is 0 Å². The molecule has 2 rings (SSSR count). The number of ether oxygens (including phenoxy) is 2. The number of rotatable bonds is 5. The lowest BCUT2D eigenvalue weighted by atomic mass is 9.86. The van der Waals surface area contributed by atoms with E-state index in [1.165, 1.54) is 6.07 Å².